The third kappa shape index (κ3) is 4.66. The lowest BCUT2D eigenvalue weighted by Crippen LogP contribution is -2.43. The lowest BCUT2D eigenvalue weighted by molar-refractivity contribution is -0.126. The van der Waals surface area contributed by atoms with Crippen LogP contribution in [0.3, 0.4) is 0 Å². The summed E-state index contributed by atoms with van der Waals surface area (Å²) >= 11 is 0. The second kappa shape index (κ2) is 7.92. The zero-order chi connectivity index (χ0) is 15.9. The van der Waals surface area contributed by atoms with E-state index in [1.165, 1.54) is 5.56 Å². The molecule has 23 heavy (non-hydrogen) atoms. The van der Waals surface area contributed by atoms with E-state index in [1.807, 2.05) is 6.07 Å². The van der Waals surface area contributed by atoms with Crippen LogP contribution in [0.25, 0.3) is 0 Å². The van der Waals surface area contributed by atoms with Gasteiger partial charge in [-0.25, -0.2) is 4.98 Å². The van der Waals surface area contributed by atoms with Crippen molar-refractivity contribution in [2.45, 2.75) is 25.8 Å². The number of hydrogen-bond donors (Lipinski definition) is 2. The van der Waals surface area contributed by atoms with Crippen LogP contribution in [0, 0.1) is 5.92 Å². The molecule has 0 spiro atoms. The van der Waals surface area contributed by atoms with E-state index in [4.69, 9.17) is 0 Å². The average Bonchev–Trinajstić information content (AvgIpc) is 3.09. The molecule has 0 radical (unpaired) electrons. The Labute approximate surface area is 137 Å². The number of carbonyl (C=O) groups excluding carboxylic acids is 1. The van der Waals surface area contributed by atoms with Gasteiger partial charge in [0.05, 0.1) is 5.92 Å². The number of carbonyl (C=O) groups is 1. The van der Waals surface area contributed by atoms with Crippen molar-refractivity contribution in [1.29, 1.82) is 0 Å². The fourth-order valence-corrected chi connectivity index (χ4v) is 3.14. The van der Waals surface area contributed by atoms with E-state index in [1.54, 1.807) is 12.4 Å². The van der Waals surface area contributed by atoms with Crippen molar-refractivity contribution in [1.82, 2.24) is 20.2 Å². The Bertz CT molecular complexity index is 597. The minimum Gasteiger partial charge on any atom is -0.355 e. The van der Waals surface area contributed by atoms with Gasteiger partial charge in [0, 0.05) is 38.4 Å². The lowest BCUT2D eigenvalue weighted by Gasteiger charge is -2.32. The van der Waals surface area contributed by atoms with Crippen molar-refractivity contribution in [3.8, 4) is 0 Å². The van der Waals surface area contributed by atoms with Crippen molar-refractivity contribution in [2.24, 2.45) is 5.92 Å². The summed E-state index contributed by atoms with van der Waals surface area (Å²) in [5.74, 6) is 1.19. The average molecular weight is 312 g/mol. The highest BCUT2D eigenvalue weighted by Gasteiger charge is 2.25. The quantitative estimate of drug-likeness (QED) is 0.857. The fourth-order valence-electron chi connectivity index (χ4n) is 3.14. The van der Waals surface area contributed by atoms with Gasteiger partial charge in [0.15, 0.2) is 0 Å². The molecule has 2 N–H and O–H groups in total. The monoisotopic (exact) mass is 312 g/mol. The predicted octanol–water partition coefficient (Wildman–Crippen LogP) is 1.98. The van der Waals surface area contributed by atoms with Gasteiger partial charge in [0.25, 0.3) is 0 Å². The number of benzene rings is 1. The van der Waals surface area contributed by atoms with E-state index in [9.17, 15) is 4.79 Å². The molecule has 5 nitrogen and oxygen atoms in total. The van der Waals surface area contributed by atoms with Crippen LogP contribution >= 0.6 is 0 Å². The van der Waals surface area contributed by atoms with Crippen LogP contribution in [0.1, 0.15) is 24.2 Å². The number of aromatic amines is 1. The second-order valence-electron chi connectivity index (χ2n) is 6.14. The molecule has 1 aliphatic rings. The molecule has 1 aromatic heterocycles. The van der Waals surface area contributed by atoms with E-state index >= 15 is 0 Å². The zero-order valence-corrected chi connectivity index (χ0v) is 13.4. The number of imidazole rings is 1. The Morgan fingerprint density at radius 3 is 3.00 bits per heavy atom. The van der Waals surface area contributed by atoms with Crippen molar-refractivity contribution < 1.29 is 4.79 Å². The first kappa shape index (κ1) is 15.7. The highest BCUT2D eigenvalue weighted by atomic mass is 16.1. The van der Waals surface area contributed by atoms with Crippen molar-refractivity contribution in [2.75, 3.05) is 19.6 Å². The summed E-state index contributed by atoms with van der Waals surface area (Å²) in [6, 6.07) is 10.5. The molecular weight excluding hydrogens is 288 g/mol. The summed E-state index contributed by atoms with van der Waals surface area (Å²) in [7, 11) is 0. The maximum absolute atomic E-state index is 12.4. The minimum atomic E-state index is 0.101. The number of amides is 1. The lowest BCUT2D eigenvalue weighted by atomic mass is 9.96. The Balaban J connectivity index is 1.44. The molecule has 5 heteroatoms. The van der Waals surface area contributed by atoms with Crippen LogP contribution in [0.4, 0.5) is 0 Å². The number of likely N-dealkylation sites (tertiary alicyclic amines) is 1. The zero-order valence-electron chi connectivity index (χ0n) is 13.4. The maximum Gasteiger partial charge on any atom is 0.224 e. The molecule has 1 fully saturated rings. The topological polar surface area (TPSA) is 61.0 Å². The van der Waals surface area contributed by atoms with Gasteiger partial charge in [0.1, 0.15) is 5.82 Å². The third-order valence-corrected chi connectivity index (χ3v) is 4.34. The van der Waals surface area contributed by atoms with E-state index < -0.39 is 0 Å². The summed E-state index contributed by atoms with van der Waals surface area (Å²) in [5.41, 5.74) is 1.31. The molecule has 1 atom stereocenters. The van der Waals surface area contributed by atoms with Gasteiger partial charge in [-0.05, 0) is 24.9 Å². The Morgan fingerprint density at radius 1 is 1.35 bits per heavy atom. The van der Waals surface area contributed by atoms with Gasteiger partial charge in [-0.15, -0.1) is 0 Å². The summed E-state index contributed by atoms with van der Waals surface area (Å²) in [5, 5.41) is 3.05. The molecule has 0 aliphatic carbocycles. The third-order valence-electron chi connectivity index (χ3n) is 4.34. The van der Waals surface area contributed by atoms with Gasteiger partial charge >= 0.3 is 0 Å². The van der Waals surface area contributed by atoms with E-state index in [0.29, 0.717) is 6.54 Å². The van der Waals surface area contributed by atoms with Crippen LogP contribution in [-0.4, -0.2) is 40.4 Å². The number of hydrogen-bond acceptors (Lipinski definition) is 3. The molecule has 2 aromatic rings. The molecule has 1 aromatic carbocycles. The molecule has 1 aliphatic heterocycles. The molecule has 0 bridgehead atoms. The molecule has 1 unspecified atom stereocenters. The summed E-state index contributed by atoms with van der Waals surface area (Å²) in [4.78, 5) is 22.0. The summed E-state index contributed by atoms with van der Waals surface area (Å²) in [6.07, 6.45) is 6.36. The van der Waals surface area contributed by atoms with Crippen LogP contribution in [0.5, 0.6) is 0 Å². The van der Waals surface area contributed by atoms with Gasteiger partial charge < -0.3 is 10.3 Å². The van der Waals surface area contributed by atoms with Crippen LogP contribution < -0.4 is 5.32 Å². The van der Waals surface area contributed by atoms with Crippen molar-refractivity contribution in [3.63, 3.8) is 0 Å². The molecule has 122 valence electrons. The molecule has 1 saturated heterocycles. The summed E-state index contributed by atoms with van der Waals surface area (Å²) in [6.45, 7) is 3.49. The standard InChI is InChI=1S/C18H24N4O/c23-18(21-9-8-17-19-10-11-20-17)16-7-4-12-22(14-16)13-15-5-2-1-3-6-15/h1-3,5-6,10-11,16H,4,7-9,12-14H2,(H,19,20)(H,21,23). The van der Waals surface area contributed by atoms with Crippen LogP contribution in [0.15, 0.2) is 42.7 Å². The van der Waals surface area contributed by atoms with Crippen LogP contribution in [0.2, 0.25) is 0 Å². The largest absolute Gasteiger partial charge is 0.355 e. The number of aromatic nitrogens is 2. The van der Waals surface area contributed by atoms with Crippen molar-refractivity contribution in [3.05, 3.63) is 54.1 Å². The van der Waals surface area contributed by atoms with E-state index in [-0.39, 0.29) is 11.8 Å². The smallest absolute Gasteiger partial charge is 0.224 e. The number of nitrogens with one attached hydrogen (secondary N) is 2. The SMILES string of the molecule is O=C(NCCc1ncc[nH]1)C1CCCN(Cc2ccccc2)C1. The Hall–Kier alpha value is -2.14. The first-order valence-corrected chi connectivity index (χ1v) is 8.33. The number of piperidine rings is 1. The first-order valence-electron chi connectivity index (χ1n) is 8.33. The highest BCUT2D eigenvalue weighted by molar-refractivity contribution is 5.78. The van der Waals surface area contributed by atoms with Gasteiger partial charge in [-0.3, -0.25) is 9.69 Å². The summed E-state index contributed by atoms with van der Waals surface area (Å²) < 4.78 is 0. The van der Waals surface area contributed by atoms with Gasteiger partial charge in [-0.2, -0.15) is 0 Å². The van der Waals surface area contributed by atoms with Gasteiger partial charge in [0.2, 0.25) is 5.91 Å². The normalized spacial score (nSPS) is 18.7. The number of nitrogens with zero attached hydrogens (tertiary/aromatic N) is 2. The Kier molecular flexibility index (Phi) is 5.42. The highest BCUT2D eigenvalue weighted by Crippen LogP contribution is 2.18. The molecule has 0 saturated carbocycles. The number of H-pyrrole nitrogens is 1. The second-order valence-corrected chi connectivity index (χ2v) is 6.14. The minimum absolute atomic E-state index is 0.101. The maximum atomic E-state index is 12.4. The Morgan fingerprint density at radius 2 is 2.22 bits per heavy atom. The van der Waals surface area contributed by atoms with Gasteiger partial charge in [-0.1, -0.05) is 30.3 Å². The molecular formula is C18H24N4O. The van der Waals surface area contributed by atoms with E-state index in [2.05, 4.69) is 44.5 Å². The fraction of sp³-hybridized carbons (Fsp3) is 0.444. The molecule has 2 heterocycles. The molecule has 3 rings (SSSR count). The van der Waals surface area contributed by atoms with Crippen molar-refractivity contribution >= 4 is 5.91 Å². The van der Waals surface area contributed by atoms with Crippen LogP contribution in [-0.2, 0) is 17.8 Å². The first-order chi connectivity index (χ1) is 11.3. The number of rotatable bonds is 6. The molecule has 1 amide bonds. The van der Waals surface area contributed by atoms with E-state index in [0.717, 1.165) is 44.7 Å². The predicted molar refractivity (Wildman–Crippen MR) is 89.7 cm³/mol.